The molecule has 108 valence electrons. The van der Waals surface area contributed by atoms with E-state index in [4.69, 9.17) is 5.11 Å². The predicted molar refractivity (Wildman–Crippen MR) is 65.3 cm³/mol. The molecule has 0 bridgehead atoms. The van der Waals surface area contributed by atoms with Crippen LogP contribution in [-0.2, 0) is 9.53 Å². The molecule has 0 radical (unpaired) electrons. The Bertz CT molecular complexity index is 395. The third-order valence-electron chi connectivity index (χ3n) is 2.35. The van der Waals surface area contributed by atoms with Gasteiger partial charge in [0.05, 0.1) is 0 Å². The minimum Gasteiger partial charge on any atom is -0.479 e. The summed E-state index contributed by atoms with van der Waals surface area (Å²) in [5.41, 5.74) is -0.107. The van der Waals surface area contributed by atoms with Gasteiger partial charge in [-0.25, -0.2) is 4.79 Å². The molecule has 0 amide bonds. The van der Waals surface area contributed by atoms with E-state index in [9.17, 15) is 18.0 Å². The normalized spacial score (nSPS) is 14.3. The molecule has 3 nitrogen and oxygen atoms in total. The summed E-state index contributed by atoms with van der Waals surface area (Å²) in [6, 6.07) is 6.98. The molecule has 0 spiro atoms. The number of carboxylic acid groups (broad SMARTS) is 1. The van der Waals surface area contributed by atoms with Crippen LogP contribution in [0, 0.1) is 0 Å². The lowest BCUT2D eigenvalue weighted by Gasteiger charge is -2.24. The summed E-state index contributed by atoms with van der Waals surface area (Å²) in [4.78, 5) is 10.7. The van der Waals surface area contributed by atoms with Crippen molar-refractivity contribution in [1.29, 1.82) is 0 Å². The van der Waals surface area contributed by atoms with Gasteiger partial charge in [0.15, 0.2) is 12.2 Å². The van der Waals surface area contributed by atoms with Gasteiger partial charge in [-0.1, -0.05) is 37.3 Å². The number of rotatable bonds is 5. The molecule has 19 heavy (non-hydrogen) atoms. The molecule has 0 heterocycles. The lowest BCUT2D eigenvalue weighted by Crippen LogP contribution is -2.32. The highest BCUT2D eigenvalue weighted by Crippen LogP contribution is 2.36. The minimum atomic E-state index is -4.65. The number of benzene rings is 1. The Hall–Kier alpha value is -1.27. The first-order valence-corrected chi connectivity index (χ1v) is 5.36. The van der Waals surface area contributed by atoms with Gasteiger partial charge >= 0.3 is 12.1 Å². The number of ether oxygens (including phenoxy) is 1. The second-order valence-corrected chi connectivity index (χ2v) is 3.70. The molecule has 7 heteroatoms. The molecule has 1 N–H and O–H groups in total. The molecular formula is C12H14ClF3O3. The first-order chi connectivity index (χ1) is 8.36. The van der Waals surface area contributed by atoms with Gasteiger partial charge in [-0.15, -0.1) is 12.4 Å². The van der Waals surface area contributed by atoms with Crippen molar-refractivity contribution in [3.8, 4) is 0 Å². The molecule has 0 aromatic heterocycles. The third-order valence-corrected chi connectivity index (χ3v) is 2.35. The van der Waals surface area contributed by atoms with Crippen LogP contribution in [0.3, 0.4) is 0 Å². The van der Waals surface area contributed by atoms with Crippen LogP contribution in [0.4, 0.5) is 13.2 Å². The molecule has 1 aromatic rings. The zero-order valence-electron chi connectivity index (χ0n) is 10.1. The van der Waals surface area contributed by atoms with Crippen LogP contribution in [0.1, 0.15) is 25.0 Å². The Morgan fingerprint density at radius 3 is 2.21 bits per heavy atom. The van der Waals surface area contributed by atoms with Crippen LogP contribution in [0.25, 0.3) is 0 Å². The van der Waals surface area contributed by atoms with Crippen molar-refractivity contribution in [3.05, 3.63) is 35.9 Å². The van der Waals surface area contributed by atoms with Crippen molar-refractivity contribution < 1.29 is 27.8 Å². The number of aliphatic carboxylic acids is 1. The topological polar surface area (TPSA) is 46.5 Å². The van der Waals surface area contributed by atoms with Crippen molar-refractivity contribution in [1.82, 2.24) is 0 Å². The quantitative estimate of drug-likeness (QED) is 0.903. The van der Waals surface area contributed by atoms with Crippen LogP contribution in [0.15, 0.2) is 30.3 Å². The van der Waals surface area contributed by atoms with Crippen LogP contribution >= 0.6 is 12.4 Å². The Balaban J connectivity index is 0.00000324. The van der Waals surface area contributed by atoms with E-state index in [-0.39, 0.29) is 24.4 Å². The number of hydrogen-bond acceptors (Lipinski definition) is 2. The number of carboxylic acids is 1. The summed E-state index contributed by atoms with van der Waals surface area (Å²) in [5.74, 6) is -1.40. The second kappa shape index (κ2) is 7.35. The maximum Gasteiger partial charge on any atom is 0.418 e. The van der Waals surface area contributed by atoms with Gasteiger partial charge in [0.25, 0.3) is 0 Å². The van der Waals surface area contributed by atoms with Gasteiger partial charge in [0.2, 0.25) is 0 Å². The van der Waals surface area contributed by atoms with Gasteiger partial charge in [-0.2, -0.15) is 13.2 Å². The van der Waals surface area contributed by atoms with E-state index in [0.29, 0.717) is 0 Å². The van der Waals surface area contributed by atoms with Crippen molar-refractivity contribution in [2.75, 3.05) is 0 Å². The fourth-order valence-electron chi connectivity index (χ4n) is 1.47. The van der Waals surface area contributed by atoms with E-state index in [1.165, 1.54) is 31.2 Å². The average molecular weight is 299 g/mol. The van der Waals surface area contributed by atoms with E-state index < -0.39 is 24.4 Å². The van der Waals surface area contributed by atoms with Crippen molar-refractivity contribution >= 4 is 18.4 Å². The highest BCUT2D eigenvalue weighted by atomic mass is 35.5. The van der Waals surface area contributed by atoms with Crippen LogP contribution < -0.4 is 0 Å². The Morgan fingerprint density at radius 1 is 1.32 bits per heavy atom. The minimum absolute atomic E-state index is 0. The maximum atomic E-state index is 12.8. The van der Waals surface area contributed by atoms with E-state index in [1.54, 1.807) is 6.07 Å². The molecule has 0 fully saturated rings. The lowest BCUT2D eigenvalue weighted by molar-refractivity contribution is -0.238. The average Bonchev–Trinajstić information content (AvgIpc) is 2.29. The van der Waals surface area contributed by atoms with Crippen molar-refractivity contribution in [3.63, 3.8) is 0 Å². The van der Waals surface area contributed by atoms with E-state index in [1.807, 2.05) is 0 Å². The monoisotopic (exact) mass is 298 g/mol. The summed E-state index contributed by atoms with van der Waals surface area (Å²) in [6.45, 7) is 1.46. The standard InChI is InChI=1S/C12H13F3O3.ClH/c1-2-9(11(16)17)18-10(12(13,14)15)8-6-4-3-5-7-8;/h3-7,9-10H,2H2,1H3,(H,16,17);1H. The highest BCUT2D eigenvalue weighted by molar-refractivity contribution is 5.85. The second-order valence-electron chi connectivity index (χ2n) is 3.70. The first kappa shape index (κ1) is 17.7. The molecule has 2 atom stereocenters. The summed E-state index contributed by atoms with van der Waals surface area (Å²) in [6.07, 6.45) is -8.38. The number of halogens is 4. The fourth-order valence-corrected chi connectivity index (χ4v) is 1.47. The fraction of sp³-hybridized carbons (Fsp3) is 0.417. The van der Waals surface area contributed by atoms with Gasteiger partial charge in [0, 0.05) is 0 Å². The first-order valence-electron chi connectivity index (χ1n) is 5.36. The zero-order chi connectivity index (χ0) is 13.8. The van der Waals surface area contributed by atoms with Gasteiger partial charge in [-0.05, 0) is 12.0 Å². The summed E-state index contributed by atoms with van der Waals surface area (Å²) < 4.78 is 43.2. The molecular weight excluding hydrogens is 285 g/mol. The Labute approximate surface area is 114 Å². The van der Waals surface area contributed by atoms with Gasteiger partial charge in [-0.3, -0.25) is 0 Å². The van der Waals surface area contributed by atoms with Crippen LogP contribution in [0.2, 0.25) is 0 Å². The molecule has 1 rings (SSSR count). The van der Waals surface area contributed by atoms with E-state index in [2.05, 4.69) is 4.74 Å². The van der Waals surface area contributed by atoms with Gasteiger partial charge in [0.1, 0.15) is 0 Å². The lowest BCUT2D eigenvalue weighted by atomic mass is 10.1. The van der Waals surface area contributed by atoms with Crippen LogP contribution in [-0.4, -0.2) is 23.4 Å². The molecule has 0 saturated carbocycles. The Morgan fingerprint density at radius 2 is 1.84 bits per heavy atom. The van der Waals surface area contributed by atoms with E-state index in [0.717, 1.165) is 0 Å². The van der Waals surface area contributed by atoms with Crippen molar-refractivity contribution in [2.24, 2.45) is 0 Å². The molecule has 0 aliphatic carbocycles. The molecule has 0 aliphatic heterocycles. The number of alkyl halides is 3. The smallest absolute Gasteiger partial charge is 0.418 e. The van der Waals surface area contributed by atoms with Gasteiger partial charge < -0.3 is 9.84 Å². The highest BCUT2D eigenvalue weighted by Gasteiger charge is 2.43. The van der Waals surface area contributed by atoms with E-state index >= 15 is 0 Å². The van der Waals surface area contributed by atoms with Crippen LogP contribution in [0.5, 0.6) is 0 Å². The summed E-state index contributed by atoms with van der Waals surface area (Å²) in [5, 5.41) is 8.74. The number of carbonyl (C=O) groups is 1. The summed E-state index contributed by atoms with van der Waals surface area (Å²) in [7, 11) is 0. The summed E-state index contributed by atoms with van der Waals surface area (Å²) >= 11 is 0. The third kappa shape index (κ3) is 5.08. The molecule has 0 aliphatic rings. The molecule has 2 unspecified atom stereocenters. The Kier molecular flexibility index (Phi) is 6.86. The van der Waals surface area contributed by atoms with Crippen molar-refractivity contribution in [2.45, 2.75) is 31.7 Å². The number of hydrogen-bond donors (Lipinski definition) is 1. The predicted octanol–water partition coefficient (Wildman–Crippen LogP) is 3.59. The zero-order valence-corrected chi connectivity index (χ0v) is 10.9. The largest absolute Gasteiger partial charge is 0.479 e. The molecule has 0 saturated heterocycles. The molecule has 1 aromatic carbocycles. The SMILES string of the molecule is CCC(OC(c1ccccc1)C(F)(F)F)C(=O)O.Cl. The maximum absolute atomic E-state index is 12.8.